The smallest absolute Gasteiger partial charge is 0.340 e. The number of methoxy groups -OCH3 is 5. The van der Waals surface area contributed by atoms with Crippen LogP contribution in [-0.4, -0.2) is 52.5 Å². The van der Waals surface area contributed by atoms with Crippen molar-refractivity contribution in [1.29, 1.82) is 0 Å². The molecule has 0 aliphatic rings. The van der Waals surface area contributed by atoms with Gasteiger partial charge in [-0.3, -0.25) is 4.98 Å². The fraction of sp³-hybridized carbons (Fsp3) is 0.350. The molecule has 2 rings (SSSR count). The highest BCUT2D eigenvalue weighted by Gasteiger charge is 2.28. The zero-order valence-corrected chi connectivity index (χ0v) is 17.0. The number of pyridine rings is 1. The lowest BCUT2D eigenvalue weighted by Crippen LogP contribution is -2.16. The number of aromatic nitrogens is 1. The van der Waals surface area contributed by atoms with E-state index in [2.05, 4.69) is 4.98 Å². The maximum atomic E-state index is 12.5. The van der Waals surface area contributed by atoms with E-state index in [1.165, 1.54) is 35.5 Å². The molecule has 0 spiro atoms. The van der Waals surface area contributed by atoms with E-state index in [9.17, 15) is 9.59 Å². The Bertz CT molecular complexity index is 856. The highest BCUT2D eigenvalue weighted by molar-refractivity contribution is 6.07. The summed E-state index contributed by atoms with van der Waals surface area (Å²) >= 11 is 0. The number of carbonyl (C=O) groups excluding carboxylic acids is 2. The highest BCUT2D eigenvalue weighted by Crippen LogP contribution is 2.43. The molecule has 0 saturated carbocycles. The summed E-state index contributed by atoms with van der Waals surface area (Å²) in [5, 5.41) is 0. The molecular formula is C20H23NO7. The summed E-state index contributed by atoms with van der Waals surface area (Å²) in [7, 11) is 6.97. The van der Waals surface area contributed by atoms with Gasteiger partial charge in [0.05, 0.1) is 58.1 Å². The largest absolute Gasteiger partial charge is 0.493 e. The second-order valence-corrected chi connectivity index (χ2v) is 5.80. The highest BCUT2D eigenvalue weighted by atomic mass is 16.5. The number of hydrogen-bond donors (Lipinski definition) is 0. The van der Waals surface area contributed by atoms with Gasteiger partial charge in [0.25, 0.3) is 0 Å². The standard InChI is InChI=1S/C20H23NO7/c1-10-15(19(22)27-6)17(16(11(2)21-10)20(23)28-7)12-8-13(24-3)18(26-5)14(9-12)25-4/h8-9H,1-7H3. The van der Waals surface area contributed by atoms with E-state index < -0.39 is 11.9 Å². The normalized spacial score (nSPS) is 10.2. The van der Waals surface area contributed by atoms with Crippen LogP contribution in [0.25, 0.3) is 11.1 Å². The van der Waals surface area contributed by atoms with Crippen molar-refractivity contribution in [2.24, 2.45) is 0 Å². The van der Waals surface area contributed by atoms with Crippen molar-refractivity contribution >= 4 is 11.9 Å². The summed E-state index contributed by atoms with van der Waals surface area (Å²) in [6, 6.07) is 3.29. The summed E-state index contributed by atoms with van der Waals surface area (Å²) < 4.78 is 26.0. The Morgan fingerprint density at radius 2 is 1.18 bits per heavy atom. The first-order valence-corrected chi connectivity index (χ1v) is 8.32. The molecule has 0 fully saturated rings. The molecule has 2 aromatic rings. The predicted molar refractivity (Wildman–Crippen MR) is 101 cm³/mol. The van der Waals surface area contributed by atoms with Crippen molar-refractivity contribution in [3.8, 4) is 28.4 Å². The minimum atomic E-state index is -0.626. The molecular weight excluding hydrogens is 366 g/mol. The van der Waals surface area contributed by atoms with Crippen LogP contribution < -0.4 is 14.2 Å². The molecule has 28 heavy (non-hydrogen) atoms. The third-order valence-electron chi connectivity index (χ3n) is 4.29. The molecule has 0 N–H and O–H groups in total. The summed E-state index contributed by atoms with van der Waals surface area (Å²) in [6.07, 6.45) is 0. The zero-order chi connectivity index (χ0) is 21.0. The average Bonchev–Trinajstić information content (AvgIpc) is 2.70. The first-order valence-electron chi connectivity index (χ1n) is 8.32. The molecule has 1 aromatic carbocycles. The van der Waals surface area contributed by atoms with Crippen molar-refractivity contribution in [2.75, 3.05) is 35.5 Å². The summed E-state index contributed by atoms with van der Waals surface area (Å²) in [5.41, 5.74) is 1.96. The molecule has 0 unspecified atom stereocenters. The molecule has 0 amide bonds. The molecule has 1 heterocycles. The molecule has 150 valence electrons. The first-order chi connectivity index (χ1) is 13.3. The Morgan fingerprint density at radius 1 is 0.750 bits per heavy atom. The third kappa shape index (κ3) is 3.58. The van der Waals surface area contributed by atoms with Crippen LogP contribution in [0.5, 0.6) is 17.2 Å². The van der Waals surface area contributed by atoms with Crippen molar-refractivity contribution in [3.63, 3.8) is 0 Å². The third-order valence-corrected chi connectivity index (χ3v) is 4.29. The van der Waals surface area contributed by atoms with Gasteiger partial charge < -0.3 is 23.7 Å². The molecule has 0 radical (unpaired) electrons. The maximum absolute atomic E-state index is 12.5. The van der Waals surface area contributed by atoms with Crippen LogP contribution in [0.3, 0.4) is 0 Å². The Kier molecular flexibility index (Phi) is 6.45. The molecule has 0 aliphatic carbocycles. The van der Waals surface area contributed by atoms with E-state index in [0.29, 0.717) is 39.8 Å². The minimum absolute atomic E-state index is 0.155. The number of carbonyl (C=O) groups is 2. The molecule has 8 heteroatoms. The lowest BCUT2D eigenvalue weighted by atomic mass is 9.92. The lowest BCUT2D eigenvalue weighted by Gasteiger charge is -2.19. The zero-order valence-electron chi connectivity index (χ0n) is 17.0. The van der Waals surface area contributed by atoms with E-state index in [4.69, 9.17) is 23.7 Å². The van der Waals surface area contributed by atoms with Crippen LogP contribution in [0.2, 0.25) is 0 Å². The van der Waals surface area contributed by atoms with Crippen LogP contribution in [0.4, 0.5) is 0 Å². The van der Waals surface area contributed by atoms with Gasteiger partial charge in [-0.2, -0.15) is 0 Å². The number of nitrogens with zero attached hydrogens (tertiary/aromatic N) is 1. The number of esters is 2. The summed E-state index contributed by atoms with van der Waals surface area (Å²) in [6.45, 7) is 3.34. The Hall–Kier alpha value is -3.29. The van der Waals surface area contributed by atoms with Gasteiger partial charge in [-0.15, -0.1) is 0 Å². The first kappa shape index (κ1) is 21.0. The quantitative estimate of drug-likeness (QED) is 0.696. The fourth-order valence-corrected chi connectivity index (χ4v) is 3.07. The summed E-state index contributed by atoms with van der Waals surface area (Å²) in [5.74, 6) is -0.125. The van der Waals surface area contributed by atoms with Gasteiger partial charge in [-0.05, 0) is 31.5 Å². The molecule has 0 atom stereocenters. The van der Waals surface area contributed by atoms with Crippen molar-refractivity contribution in [1.82, 2.24) is 4.98 Å². The number of rotatable bonds is 6. The van der Waals surface area contributed by atoms with Crippen molar-refractivity contribution in [3.05, 3.63) is 34.6 Å². The Labute approximate surface area is 163 Å². The van der Waals surface area contributed by atoms with Gasteiger partial charge in [0.15, 0.2) is 11.5 Å². The van der Waals surface area contributed by atoms with Crippen LogP contribution in [0, 0.1) is 13.8 Å². The monoisotopic (exact) mass is 389 g/mol. The van der Waals surface area contributed by atoms with Gasteiger partial charge in [-0.1, -0.05) is 0 Å². The van der Waals surface area contributed by atoms with E-state index in [1.807, 2.05) is 0 Å². The van der Waals surface area contributed by atoms with E-state index in [0.717, 1.165) is 0 Å². The van der Waals surface area contributed by atoms with Gasteiger partial charge in [-0.25, -0.2) is 9.59 Å². The van der Waals surface area contributed by atoms with Gasteiger partial charge in [0.1, 0.15) is 0 Å². The van der Waals surface area contributed by atoms with Crippen molar-refractivity contribution in [2.45, 2.75) is 13.8 Å². The number of aryl methyl sites for hydroxylation is 2. The van der Waals surface area contributed by atoms with Gasteiger partial charge >= 0.3 is 11.9 Å². The molecule has 0 bridgehead atoms. The summed E-state index contributed by atoms with van der Waals surface area (Å²) in [4.78, 5) is 29.4. The predicted octanol–water partition coefficient (Wildman–Crippen LogP) is 2.96. The van der Waals surface area contributed by atoms with Gasteiger partial charge in [0, 0.05) is 5.56 Å². The second kappa shape index (κ2) is 8.60. The Morgan fingerprint density at radius 3 is 1.50 bits per heavy atom. The van der Waals surface area contributed by atoms with Crippen LogP contribution >= 0.6 is 0 Å². The van der Waals surface area contributed by atoms with E-state index in [1.54, 1.807) is 26.0 Å². The topological polar surface area (TPSA) is 93.2 Å². The van der Waals surface area contributed by atoms with Crippen LogP contribution in [0.15, 0.2) is 12.1 Å². The van der Waals surface area contributed by atoms with E-state index in [-0.39, 0.29) is 11.1 Å². The van der Waals surface area contributed by atoms with Crippen LogP contribution in [0.1, 0.15) is 32.1 Å². The minimum Gasteiger partial charge on any atom is -0.493 e. The second-order valence-electron chi connectivity index (χ2n) is 5.80. The molecule has 0 saturated heterocycles. The Balaban J connectivity index is 3.01. The SMILES string of the molecule is COC(=O)c1c(C)nc(C)c(C(=O)OC)c1-c1cc(OC)c(OC)c(OC)c1. The molecule has 0 aliphatic heterocycles. The van der Waals surface area contributed by atoms with Crippen LogP contribution in [-0.2, 0) is 9.47 Å². The lowest BCUT2D eigenvalue weighted by molar-refractivity contribution is 0.0599. The number of ether oxygens (including phenoxy) is 5. The average molecular weight is 389 g/mol. The van der Waals surface area contributed by atoms with E-state index >= 15 is 0 Å². The maximum Gasteiger partial charge on any atom is 0.340 e. The van der Waals surface area contributed by atoms with Crippen molar-refractivity contribution < 1.29 is 33.3 Å². The molecule has 1 aromatic heterocycles. The fourth-order valence-electron chi connectivity index (χ4n) is 3.07. The molecule has 8 nitrogen and oxygen atoms in total. The number of benzene rings is 1. The van der Waals surface area contributed by atoms with Gasteiger partial charge in [0.2, 0.25) is 5.75 Å². The number of hydrogen-bond acceptors (Lipinski definition) is 8.